The van der Waals surface area contributed by atoms with Gasteiger partial charge in [-0.25, -0.2) is 9.48 Å². The number of benzene rings is 1. The van der Waals surface area contributed by atoms with E-state index in [0.717, 1.165) is 30.8 Å². The number of piperidine rings is 1. The number of likely N-dealkylation sites (tertiary alicyclic amines) is 1. The SMILES string of the molecule is CCc1c(C(=O)N2CCCC(CN(C)C(=O)OC(C)(C)C)C2)cnn1-c1ccccc1. The fourth-order valence-corrected chi connectivity index (χ4v) is 4.05. The van der Waals surface area contributed by atoms with Crippen LogP contribution >= 0.6 is 0 Å². The monoisotopic (exact) mass is 426 g/mol. The van der Waals surface area contributed by atoms with Crippen molar-refractivity contribution in [2.75, 3.05) is 26.7 Å². The molecule has 168 valence electrons. The zero-order chi connectivity index (χ0) is 22.6. The molecular formula is C24H34N4O3. The molecule has 1 aromatic heterocycles. The molecule has 1 unspecified atom stereocenters. The number of nitrogens with zero attached hydrogens (tertiary/aromatic N) is 4. The van der Waals surface area contributed by atoms with Crippen LogP contribution in [0.25, 0.3) is 5.69 Å². The van der Waals surface area contributed by atoms with Gasteiger partial charge in [0.25, 0.3) is 5.91 Å². The second-order valence-corrected chi connectivity index (χ2v) is 9.23. The number of ether oxygens (including phenoxy) is 1. The molecule has 2 aromatic rings. The van der Waals surface area contributed by atoms with E-state index in [-0.39, 0.29) is 17.9 Å². The van der Waals surface area contributed by atoms with Gasteiger partial charge in [0, 0.05) is 26.7 Å². The first-order chi connectivity index (χ1) is 14.7. The molecule has 2 amide bonds. The van der Waals surface area contributed by atoms with Gasteiger partial charge < -0.3 is 14.5 Å². The van der Waals surface area contributed by atoms with Crippen molar-refractivity contribution < 1.29 is 14.3 Å². The maximum Gasteiger partial charge on any atom is 0.410 e. The molecule has 2 heterocycles. The van der Waals surface area contributed by atoms with Crippen molar-refractivity contribution in [2.24, 2.45) is 5.92 Å². The van der Waals surface area contributed by atoms with Crippen LogP contribution in [0.5, 0.6) is 0 Å². The highest BCUT2D eigenvalue weighted by molar-refractivity contribution is 5.95. The number of carbonyl (C=O) groups excluding carboxylic acids is 2. The second-order valence-electron chi connectivity index (χ2n) is 9.23. The van der Waals surface area contributed by atoms with Gasteiger partial charge in [0.2, 0.25) is 0 Å². The smallest absolute Gasteiger partial charge is 0.410 e. The van der Waals surface area contributed by atoms with Crippen LogP contribution in [-0.4, -0.2) is 63.9 Å². The molecule has 1 aliphatic rings. The summed E-state index contributed by atoms with van der Waals surface area (Å²) in [4.78, 5) is 29.2. The van der Waals surface area contributed by atoms with Gasteiger partial charge in [0.05, 0.1) is 23.1 Å². The zero-order valence-electron chi connectivity index (χ0n) is 19.3. The van der Waals surface area contributed by atoms with Gasteiger partial charge in [-0.05, 0) is 58.1 Å². The minimum Gasteiger partial charge on any atom is -0.444 e. The molecule has 1 fully saturated rings. The summed E-state index contributed by atoms with van der Waals surface area (Å²) in [6, 6.07) is 9.88. The third-order valence-corrected chi connectivity index (χ3v) is 5.48. The van der Waals surface area contributed by atoms with Crippen LogP contribution < -0.4 is 0 Å². The number of amides is 2. The third-order valence-electron chi connectivity index (χ3n) is 5.48. The van der Waals surface area contributed by atoms with E-state index >= 15 is 0 Å². The fourth-order valence-electron chi connectivity index (χ4n) is 4.05. The normalized spacial score (nSPS) is 16.8. The topological polar surface area (TPSA) is 67.7 Å². The highest BCUT2D eigenvalue weighted by Crippen LogP contribution is 2.23. The number of rotatable bonds is 5. The van der Waals surface area contributed by atoms with Crippen LogP contribution in [0.4, 0.5) is 4.79 Å². The highest BCUT2D eigenvalue weighted by atomic mass is 16.6. The van der Waals surface area contributed by atoms with Gasteiger partial charge in [-0.15, -0.1) is 0 Å². The summed E-state index contributed by atoms with van der Waals surface area (Å²) >= 11 is 0. The number of carbonyl (C=O) groups is 2. The van der Waals surface area contributed by atoms with Crippen molar-refractivity contribution in [1.29, 1.82) is 0 Å². The molecule has 3 rings (SSSR count). The number of hydrogen-bond acceptors (Lipinski definition) is 4. The van der Waals surface area contributed by atoms with E-state index < -0.39 is 5.60 Å². The van der Waals surface area contributed by atoms with E-state index in [0.29, 0.717) is 25.1 Å². The number of aromatic nitrogens is 2. The van der Waals surface area contributed by atoms with E-state index in [1.165, 1.54) is 0 Å². The molecule has 0 bridgehead atoms. The van der Waals surface area contributed by atoms with Crippen LogP contribution in [0.3, 0.4) is 0 Å². The lowest BCUT2D eigenvalue weighted by atomic mass is 9.97. The Morgan fingerprint density at radius 3 is 2.58 bits per heavy atom. The summed E-state index contributed by atoms with van der Waals surface area (Å²) < 4.78 is 7.31. The summed E-state index contributed by atoms with van der Waals surface area (Å²) in [6.45, 7) is 9.56. The van der Waals surface area contributed by atoms with Crippen LogP contribution in [-0.2, 0) is 11.2 Å². The van der Waals surface area contributed by atoms with Crippen molar-refractivity contribution in [3.63, 3.8) is 0 Å². The highest BCUT2D eigenvalue weighted by Gasteiger charge is 2.29. The molecule has 1 atom stereocenters. The molecule has 1 saturated heterocycles. The lowest BCUT2D eigenvalue weighted by Crippen LogP contribution is -2.45. The minimum atomic E-state index is -0.518. The Kier molecular flexibility index (Phi) is 7.03. The number of para-hydroxylation sites is 1. The predicted molar refractivity (Wildman–Crippen MR) is 120 cm³/mol. The Labute approximate surface area is 185 Å². The summed E-state index contributed by atoms with van der Waals surface area (Å²) in [5.74, 6) is 0.244. The average Bonchev–Trinajstić information content (AvgIpc) is 3.17. The maximum atomic E-state index is 13.3. The minimum absolute atomic E-state index is 0.0173. The Morgan fingerprint density at radius 2 is 1.94 bits per heavy atom. The van der Waals surface area contributed by atoms with Crippen molar-refractivity contribution in [2.45, 2.75) is 52.6 Å². The molecule has 0 radical (unpaired) electrons. The van der Waals surface area contributed by atoms with E-state index in [4.69, 9.17) is 4.74 Å². The van der Waals surface area contributed by atoms with Crippen LogP contribution in [0.2, 0.25) is 0 Å². The van der Waals surface area contributed by atoms with E-state index in [2.05, 4.69) is 5.10 Å². The van der Waals surface area contributed by atoms with Gasteiger partial charge in [-0.2, -0.15) is 5.10 Å². The Morgan fingerprint density at radius 1 is 1.23 bits per heavy atom. The van der Waals surface area contributed by atoms with E-state index in [1.807, 2.05) is 67.6 Å². The van der Waals surface area contributed by atoms with E-state index in [9.17, 15) is 9.59 Å². The standard InChI is InChI=1S/C24H34N4O3/c1-6-21-20(15-25-28(21)19-12-8-7-9-13-19)22(29)27-14-10-11-18(17-27)16-26(5)23(30)31-24(2,3)4/h7-9,12-13,15,18H,6,10-11,14,16-17H2,1-5H3. The molecule has 0 saturated carbocycles. The van der Waals surface area contributed by atoms with Crippen molar-refractivity contribution in [3.05, 3.63) is 47.8 Å². The third kappa shape index (κ3) is 5.66. The summed E-state index contributed by atoms with van der Waals surface area (Å²) in [5, 5.41) is 4.50. The molecule has 0 N–H and O–H groups in total. The van der Waals surface area contributed by atoms with Gasteiger partial charge >= 0.3 is 6.09 Å². The van der Waals surface area contributed by atoms with Crippen LogP contribution in [0.15, 0.2) is 36.5 Å². The molecule has 0 aliphatic carbocycles. The van der Waals surface area contributed by atoms with Crippen LogP contribution in [0, 0.1) is 5.92 Å². The molecule has 7 heteroatoms. The quantitative estimate of drug-likeness (QED) is 0.720. The Bertz CT molecular complexity index is 901. The first kappa shape index (κ1) is 22.8. The summed E-state index contributed by atoms with van der Waals surface area (Å²) in [6.07, 6.45) is 3.99. The lowest BCUT2D eigenvalue weighted by molar-refractivity contribution is 0.0244. The summed E-state index contributed by atoms with van der Waals surface area (Å²) in [7, 11) is 1.76. The van der Waals surface area contributed by atoms with Crippen molar-refractivity contribution >= 4 is 12.0 Å². The van der Waals surface area contributed by atoms with Gasteiger partial charge in [-0.1, -0.05) is 25.1 Å². The second kappa shape index (κ2) is 9.54. The largest absolute Gasteiger partial charge is 0.444 e. The fraction of sp³-hybridized carbons (Fsp3) is 0.542. The van der Waals surface area contributed by atoms with Crippen LogP contribution in [0.1, 0.15) is 56.6 Å². The molecule has 7 nitrogen and oxygen atoms in total. The first-order valence-electron chi connectivity index (χ1n) is 11.0. The molecular weight excluding hydrogens is 392 g/mol. The van der Waals surface area contributed by atoms with Gasteiger partial charge in [0.15, 0.2) is 0 Å². The first-order valence-corrected chi connectivity index (χ1v) is 11.0. The Balaban J connectivity index is 1.69. The average molecular weight is 427 g/mol. The van der Waals surface area contributed by atoms with Crippen molar-refractivity contribution in [1.82, 2.24) is 19.6 Å². The molecule has 1 aliphatic heterocycles. The predicted octanol–water partition coefficient (Wildman–Crippen LogP) is 4.15. The maximum absolute atomic E-state index is 13.3. The van der Waals surface area contributed by atoms with Gasteiger partial charge in [-0.3, -0.25) is 4.79 Å². The lowest BCUT2D eigenvalue weighted by Gasteiger charge is -2.35. The number of hydrogen-bond donors (Lipinski definition) is 0. The molecule has 1 aromatic carbocycles. The van der Waals surface area contributed by atoms with E-state index in [1.54, 1.807) is 18.1 Å². The summed E-state index contributed by atoms with van der Waals surface area (Å²) in [5.41, 5.74) is 2.01. The zero-order valence-corrected chi connectivity index (χ0v) is 19.3. The molecule has 31 heavy (non-hydrogen) atoms. The van der Waals surface area contributed by atoms with Gasteiger partial charge in [0.1, 0.15) is 5.60 Å². The molecule has 0 spiro atoms. The Hall–Kier alpha value is -2.83. The van der Waals surface area contributed by atoms with Crippen molar-refractivity contribution in [3.8, 4) is 5.69 Å².